The third kappa shape index (κ3) is 5.15. The summed E-state index contributed by atoms with van der Waals surface area (Å²) in [5.74, 6) is 0.371. The molecule has 1 aliphatic heterocycles. The summed E-state index contributed by atoms with van der Waals surface area (Å²) in [6.07, 6.45) is 1.40. The van der Waals surface area contributed by atoms with Crippen LogP contribution in [0.5, 0.6) is 5.75 Å². The van der Waals surface area contributed by atoms with Gasteiger partial charge in [0, 0.05) is 12.2 Å². The number of carbonyl (C=O) groups excluding carboxylic acids is 2. The Morgan fingerprint density at radius 2 is 1.83 bits per heavy atom. The molecular weight excluding hydrogens is 366 g/mol. The van der Waals surface area contributed by atoms with Gasteiger partial charge in [-0.2, -0.15) is 0 Å². The summed E-state index contributed by atoms with van der Waals surface area (Å²) in [7, 11) is 1.60. The largest absolute Gasteiger partial charge is 0.497 e. The Morgan fingerprint density at radius 1 is 1.14 bits per heavy atom. The van der Waals surface area contributed by atoms with Crippen LogP contribution in [0.25, 0.3) is 0 Å². The molecule has 0 fully saturated rings. The van der Waals surface area contributed by atoms with E-state index in [4.69, 9.17) is 4.74 Å². The molecule has 0 spiro atoms. The van der Waals surface area contributed by atoms with Crippen molar-refractivity contribution in [3.8, 4) is 5.75 Å². The van der Waals surface area contributed by atoms with Crippen LogP contribution in [-0.2, 0) is 22.6 Å². The molecule has 0 aromatic heterocycles. The molecule has 2 aromatic carbocycles. The van der Waals surface area contributed by atoms with Crippen molar-refractivity contribution in [3.05, 3.63) is 59.7 Å². The molecule has 0 bridgehead atoms. The number of rotatable bonds is 7. The fourth-order valence-electron chi connectivity index (χ4n) is 3.49. The lowest BCUT2D eigenvalue weighted by atomic mass is 9.94. The van der Waals surface area contributed by atoms with E-state index in [0.29, 0.717) is 18.7 Å². The Labute approximate surface area is 172 Å². The molecule has 0 aliphatic carbocycles. The van der Waals surface area contributed by atoms with Gasteiger partial charge in [0.1, 0.15) is 11.8 Å². The van der Waals surface area contributed by atoms with Gasteiger partial charge in [0.15, 0.2) is 0 Å². The van der Waals surface area contributed by atoms with Crippen molar-refractivity contribution in [2.24, 2.45) is 5.92 Å². The molecule has 29 heavy (non-hydrogen) atoms. The van der Waals surface area contributed by atoms with E-state index in [2.05, 4.69) is 28.1 Å². The predicted octanol–water partition coefficient (Wildman–Crippen LogP) is 2.88. The first-order chi connectivity index (χ1) is 14.0. The Balaban J connectivity index is 1.66. The number of anilines is 1. The third-order valence-electron chi connectivity index (χ3n) is 5.55. The molecule has 3 atom stereocenters. The molecule has 2 aromatic rings. The molecule has 0 saturated heterocycles. The normalized spacial score (nSPS) is 17.6. The Bertz CT molecular complexity index is 851. The number of methoxy groups -OCH3 is 1. The van der Waals surface area contributed by atoms with Crippen molar-refractivity contribution in [1.29, 1.82) is 0 Å². The average Bonchev–Trinajstić information content (AvgIpc) is 2.76. The Morgan fingerprint density at radius 3 is 2.48 bits per heavy atom. The van der Waals surface area contributed by atoms with Crippen LogP contribution in [-0.4, -0.2) is 31.0 Å². The molecule has 154 valence electrons. The lowest BCUT2D eigenvalue weighted by Crippen LogP contribution is -2.55. The van der Waals surface area contributed by atoms with Crippen LogP contribution >= 0.6 is 0 Å². The second-order valence-electron chi connectivity index (χ2n) is 7.50. The van der Waals surface area contributed by atoms with Crippen LogP contribution in [0.1, 0.15) is 31.4 Å². The molecular formula is C23H29N3O3. The molecule has 0 saturated carbocycles. The average molecular weight is 396 g/mol. The molecule has 2 amide bonds. The monoisotopic (exact) mass is 395 g/mol. The van der Waals surface area contributed by atoms with E-state index in [0.717, 1.165) is 12.2 Å². The first-order valence-electron chi connectivity index (χ1n) is 10.1. The van der Waals surface area contributed by atoms with Gasteiger partial charge in [0.05, 0.1) is 13.2 Å². The summed E-state index contributed by atoms with van der Waals surface area (Å²) < 4.78 is 5.15. The van der Waals surface area contributed by atoms with E-state index >= 15 is 0 Å². The summed E-state index contributed by atoms with van der Waals surface area (Å²) in [5, 5.41) is 9.16. The lowest BCUT2D eigenvalue weighted by molar-refractivity contribution is -0.129. The fourth-order valence-corrected chi connectivity index (χ4v) is 3.49. The number of nitrogens with one attached hydrogen (secondary N) is 3. The zero-order valence-corrected chi connectivity index (χ0v) is 17.2. The van der Waals surface area contributed by atoms with Gasteiger partial charge in [-0.1, -0.05) is 44.5 Å². The van der Waals surface area contributed by atoms with Gasteiger partial charge < -0.3 is 20.7 Å². The maximum Gasteiger partial charge on any atom is 0.247 e. The molecule has 6 heteroatoms. The number of ether oxygens (including phenoxy) is 1. The van der Waals surface area contributed by atoms with Crippen molar-refractivity contribution in [2.45, 2.75) is 45.3 Å². The van der Waals surface area contributed by atoms with Crippen LogP contribution in [0, 0.1) is 5.92 Å². The van der Waals surface area contributed by atoms with Crippen molar-refractivity contribution in [2.75, 3.05) is 12.4 Å². The van der Waals surface area contributed by atoms with Crippen molar-refractivity contribution < 1.29 is 14.3 Å². The van der Waals surface area contributed by atoms with Crippen LogP contribution < -0.4 is 20.7 Å². The smallest absolute Gasteiger partial charge is 0.247 e. The highest BCUT2D eigenvalue weighted by Crippen LogP contribution is 2.19. The van der Waals surface area contributed by atoms with Crippen molar-refractivity contribution in [1.82, 2.24) is 10.6 Å². The van der Waals surface area contributed by atoms with Crippen molar-refractivity contribution >= 4 is 17.5 Å². The number of hydrogen-bond acceptors (Lipinski definition) is 4. The number of hydrogen-bond donors (Lipinski definition) is 3. The molecule has 1 aliphatic rings. The van der Waals surface area contributed by atoms with Crippen molar-refractivity contribution in [3.63, 3.8) is 0 Å². The van der Waals surface area contributed by atoms with E-state index in [1.54, 1.807) is 31.4 Å². The van der Waals surface area contributed by atoms with Crippen LogP contribution in [0.15, 0.2) is 48.5 Å². The highest BCUT2D eigenvalue weighted by molar-refractivity contribution is 5.98. The maximum absolute atomic E-state index is 12.9. The number of fused-ring (bicyclic) bond motifs is 1. The molecule has 0 radical (unpaired) electrons. The predicted molar refractivity (Wildman–Crippen MR) is 114 cm³/mol. The molecule has 6 nitrogen and oxygen atoms in total. The number of amides is 2. The molecule has 3 N–H and O–H groups in total. The van der Waals surface area contributed by atoms with E-state index in [1.165, 1.54) is 11.1 Å². The number of carbonyl (C=O) groups is 2. The minimum Gasteiger partial charge on any atom is -0.497 e. The van der Waals surface area contributed by atoms with Gasteiger partial charge in [-0.25, -0.2) is 0 Å². The van der Waals surface area contributed by atoms with Gasteiger partial charge in [0.25, 0.3) is 0 Å². The second kappa shape index (κ2) is 9.56. The minimum atomic E-state index is -0.603. The fraction of sp³-hybridized carbons (Fsp3) is 0.391. The Hall–Kier alpha value is -2.86. The van der Waals surface area contributed by atoms with Crippen LogP contribution in [0.2, 0.25) is 0 Å². The van der Waals surface area contributed by atoms with Gasteiger partial charge in [0.2, 0.25) is 11.8 Å². The summed E-state index contributed by atoms with van der Waals surface area (Å²) >= 11 is 0. The molecule has 3 unspecified atom stereocenters. The highest BCUT2D eigenvalue weighted by Gasteiger charge is 2.30. The molecule has 1 heterocycles. The third-order valence-corrected chi connectivity index (χ3v) is 5.55. The first kappa shape index (κ1) is 20.9. The van der Waals surface area contributed by atoms with Gasteiger partial charge >= 0.3 is 0 Å². The zero-order valence-electron chi connectivity index (χ0n) is 17.2. The van der Waals surface area contributed by atoms with Crippen LogP contribution in [0.4, 0.5) is 5.69 Å². The topological polar surface area (TPSA) is 79.5 Å². The quantitative estimate of drug-likeness (QED) is 0.674. The summed E-state index contributed by atoms with van der Waals surface area (Å²) in [4.78, 5) is 25.8. The molecule has 3 rings (SSSR count). The standard InChI is InChI=1S/C23H29N3O3/c1-4-15(2)21(23(28)25-18-9-11-19(29-3)12-10-18)26-22(27)20-13-16-7-5-6-8-17(16)14-24-20/h5-12,15,20-21,24H,4,13-14H2,1-3H3,(H,25,28)(H,26,27). The lowest BCUT2D eigenvalue weighted by Gasteiger charge is -2.29. The first-order valence-corrected chi connectivity index (χ1v) is 10.1. The maximum atomic E-state index is 12.9. The summed E-state index contributed by atoms with van der Waals surface area (Å²) in [6, 6.07) is 14.3. The highest BCUT2D eigenvalue weighted by atomic mass is 16.5. The summed E-state index contributed by atoms with van der Waals surface area (Å²) in [6.45, 7) is 4.64. The number of benzene rings is 2. The van der Waals surface area contributed by atoms with E-state index < -0.39 is 6.04 Å². The van der Waals surface area contributed by atoms with Gasteiger partial charge in [-0.3, -0.25) is 9.59 Å². The van der Waals surface area contributed by atoms with Crippen LogP contribution in [0.3, 0.4) is 0 Å². The van der Waals surface area contributed by atoms with E-state index in [1.807, 2.05) is 26.0 Å². The second-order valence-corrected chi connectivity index (χ2v) is 7.50. The van der Waals surface area contributed by atoms with E-state index in [9.17, 15) is 9.59 Å². The SMILES string of the molecule is CCC(C)C(NC(=O)C1Cc2ccccc2CN1)C(=O)Nc1ccc(OC)cc1. The van der Waals surface area contributed by atoms with Gasteiger partial charge in [-0.05, 0) is 47.7 Å². The van der Waals surface area contributed by atoms with Gasteiger partial charge in [-0.15, -0.1) is 0 Å². The Kier molecular flexibility index (Phi) is 6.88. The zero-order chi connectivity index (χ0) is 20.8. The van der Waals surface area contributed by atoms with E-state index in [-0.39, 0.29) is 23.8 Å². The summed E-state index contributed by atoms with van der Waals surface area (Å²) in [5.41, 5.74) is 3.06. The minimum absolute atomic E-state index is 0.00748.